The number of likely N-dealkylation sites (tertiary alicyclic amines) is 1. The lowest BCUT2D eigenvalue weighted by atomic mass is 9.90. The molecule has 0 unspecified atom stereocenters. The zero-order chi connectivity index (χ0) is 22.0. The lowest BCUT2D eigenvalue weighted by molar-refractivity contribution is -0.133. The van der Waals surface area contributed by atoms with E-state index in [2.05, 4.69) is 21.7 Å². The second-order valence-corrected chi connectivity index (χ2v) is 9.40. The monoisotopic (exact) mass is 431 g/mol. The number of ether oxygens (including phenoxy) is 3. The predicted molar refractivity (Wildman–Crippen MR) is 120 cm³/mol. The van der Waals surface area contributed by atoms with Crippen LogP contribution in [0.15, 0.2) is 12.1 Å². The van der Waals surface area contributed by atoms with Crippen LogP contribution in [0.2, 0.25) is 0 Å². The predicted octanol–water partition coefficient (Wildman–Crippen LogP) is 2.48. The molecule has 3 fully saturated rings. The molecule has 0 bridgehead atoms. The minimum absolute atomic E-state index is 0.244. The quantitative estimate of drug-likeness (QED) is 0.690. The summed E-state index contributed by atoms with van der Waals surface area (Å²) in [6.07, 6.45) is 4.37. The number of hydrogen-bond donors (Lipinski definition) is 0. The first kappa shape index (κ1) is 22.2. The Morgan fingerprint density at radius 2 is 1.61 bits per heavy atom. The molecule has 172 valence electrons. The van der Waals surface area contributed by atoms with E-state index in [9.17, 15) is 4.79 Å². The number of carbonyl (C=O) groups excluding carboxylic acids is 1. The number of methoxy groups -OCH3 is 3. The van der Waals surface area contributed by atoms with Crippen LogP contribution in [0.3, 0.4) is 0 Å². The third-order valence-corrected chi connectivity index (χ3v) is 7.55. The average molecular weight is 432 g/mol. The Labute approximate surface area is 186 Å². The maximum Gasteiger partial charge on any atom is 0.226 e. The molecule has 1 amide bonds. The maximum atomic E-state index is 13.1. The van der Waals surface area contributed by atoms with Gasteiger partial charge in [-0.05, 0) is 63.8 Å². The summed E-state index contributed by atoms with van der Waals surface area (Å²) in [5, 5.41) is 0. The second kappa shape index (κ2) is 9.25. The van der Waals surface area contributed by atoms with Gasteiger partial charge in [0.05, 0.1) is 21.3 Å². The Morgan fingerprint density at radius 1 is 0.935 bits per heavy atom. The number of rotatable bonds is 6. The summed E-state index contributed by atoms with van der Waals surface area (Å²) in [5.41, 5.74) is 1.35. The van der Waals surface area contributed by atoms with Crippen molar-refractivity contribution in [3.05, 3.63) is 17.7 Å². The standard InChI is InChI=1S/C24H37N3O4/c1-25-8-5-9-27(13-12-25)23(28)19-16-24(19)6-10-26(11-7-24)17-18-14-21(30-3)22(31-4)15-20(18)29-2/h14-15,19H,5-13,16-17H2,1-4H3/t19-/m1/s1. The van der Waals surface area contributed by atoms with Crippen molar-refractivity contribution in [3.8, 4) is 17.2 Å². The van der Waals surface area contributed by atoms with E-state index in [1.165, 1.54) is 0 Å². The summed E-state index contributed by atoms with van der Waals surface area (Å²) in [5.74, 6) is 2.88. The van der Waals surface area contributed by atoms with Gasteiger partial charge < -0.3 is 24.0 Å². The van der Waals surface area contributed by atoms with Crippen molar-refractivity contribution in [1.82, 2.24) is 14.7 Å². The van der Waals surface area contributed by atoms with Crippen molar-refractivity contribution in [2.24, 2.45) is 11.3 Å². The molecular weight excluding hydrogens is 394 g/mol. The Bertz CT molecular complexity index is 791. The van der Waals surface area contributed by atoms with E-state index in [1.54, 1.807) is 21.3 Å². The lowest BCUT2D eigenvalue weighted by Crippen LogP contribution is -2.39. The van der Waals surface area contributed by atoms with E-state index >= 15 is 0 Å². The van der Waals surface area contributed by atoms with E-state index in [-0.39, 0.29) is 11.3 Å². The molecule has 2 saturated heterocycles. The molecule has 0 radical (unpaired) electrons. The van der Waals surface area contributed by atoms with Crippen molar-refractivity contribution in [2.75, 3.05) is 67.6 Å². The minimum atomic E-state index is 0.244. The maximum absolute atomic E-state index is 13.1. The fraction of sp³-hybridized carbons (Fsp3) is 0.708. The fourth-order valence-corrected chi connectivity index (χ4v) is 5.35. The van der Waals surface area contributed by atoms with Gasteiger partial charge in [-0.2, -0.15) is 0 Å². The van der Waals surface area contributed by atoms with Gasteiger partial charge in [-0.25, -0.2) is 0 Å². The Hall–Kier alpha value is -1.99. The first-order chi connectivity index (χ1) is 15.0. The molecular formula is C24H37N3O4. The highest BCUT2D eigenvalue weighted by Gasteiger charge is 2.59. The topological polar surface area (TPSA) is 54.5 Å². The summed E-state index contributed by atoms with van der Waals surface area (Å²) in [6, 6.07) is 3.91. The van der Waals surface area contributed by atoms with Crippen molar-refractivity contribution in [3.63, 3.8) is 0 Å². The Balaban J connectivity index is 1.34. The van der Waals surface area contributed by atoms with Crippen LogP contribution in [-0.4, -0.2) is 88.3 Å². The molecule has 1 spiro atoms. The van der Waals surface area contributed by atoms with Crippen LogP contribution in [0.25, 0.3) is 0 Å². The summed E-state index contributed by atoms with van der Waals surface area (Å²) >= 11 is 0. The zero-order valence-electron chi connectivity index (χ0n) is 19.5. The van der Waals surface area contributed by atoms with Gasteiger partial charge in [-0.1, -0.05) is 0 Å². The normalized spacial score (nSPS) is 24.0. The highest BCUT2D eigenvalue weighted by molar-refractivity contribution is 5.82. The highest BCUT2D eigenvalue weighted by atomic mass is 16.5. The number of piperidine rings is 1. The van der Waals surface area contributed by atoms with Crippen molar-refractivity contribution >= 4 is 5.91 Å². The van der Waals surface area contributed by atoms with Gasteiger partial charge in [0.25, 0.3) is 0 Å². The SMILES string of the molecule is COc1cc(OC)c(OC)cc1CN1CCC2(CC1)C[C@@H]2C(=O)N1CCCN(C)CC1. The minimum Gasteiger partial charge on any atom is -0.496 e. The molecule has 1 saturated carbocycles. The Kier molecular flexibility index (Phi) is 6.63. The van der Waals surface area contributed by atoms with Crippen LogP contribution in [0.4, 0.5) is 0 Å². The van der Waals surface area contributed by atoms with Gasteiger partial charge in [0.15, 0.2) is 11.5 Å². The molecule has 1 aromatic rings. The molecule has 1 aliphatic carbocycles. The van der Waals surface area contributed by atoms with Crippen LogP contribution in [0.5, 0.6) is 17.2 Å². The van der Waals surface area contributed by atoms with Gasteiger partial charge in [0.2, 0.25) is 5.91 Å². The molecule has 7 nitrogen and oxygen atoms in total. The van der Waals surface area contributed by atoms with Crippen molar-refractivity contribution in [1.29, 1.82) is 0 Å². The summed E-state index contributed by atoms with van der Waals surface area (Å²) < 4.78 is 16.5. The third kappa shape index (κ3) is 4.62. The number of likely N-dealkylation sites (N-methyl/N-ethyl adjacent to an activating group) is 1. The van der Waals surface area contributed by atoms with Gasteiger partial charge in [0.1, 0.15) is 5.75 Å². The number of nitrogens with zero attached hydrogens (tertiary/aromatic N) is 3. The van der Waals surface area contributed by atoms with E-state index in [1.807, 2.05) is 12.1 Å². The number of carbonyl (C=O) groups is 1. The zero-order valence-corrected chi connectivity index (χ0v) is 19.5. The Morgan fingerprint density at radius 3 is 2.29 bits per heavy atom. The highest BCUT2D eigenvalue weighted by Crippen LogP contribution is 2.60. The average Bonchev–Trinajstić information content (AvgIpc) is 3.54. The molecule has 31 heavy (non-hydrogen) atoms. The van der Waals surface area contributed by atoms with E-state index in [0.29, 0.717) is 11.7 Å². The van der Waals surface area contributed by atoms with E-state index < -0.39 is 0 Å². The van der Waals surface area contributed by atoms with Crippen LogP contribution < -0.4 is 14.2 Å². The van der Waals surface area contributed by atoms with Crippen LogP contribution >= 0.6 is 0 Å². The molecule has 2 aliphatic heterocycles. The van der Waals surface area contributed by atoms with Gasteiger partial charge in [-0.15, -0.1) is 0 Å². The van der Waals surface area contributed by atoms with Crippen LogP contribution in [0.1, 0.15) is 31.2 Å². The number of hydrogen-bond acceptors (Lipinski definition) is 6. The van der Waals surface area contributed by atoms with Gasteiger partial charge in [-0.3, -0.25) is 9.69 Å². The largest absolute Gasteiger partial charge is 0.496 e. The van der Waals surface area contributed by atoms with Gasteiger partial charge in [0, 0.05) is 43.7 Å². The summed E-state index contributed by atoms with van der Waals surface area (Å²) in [6.45, 7) is 6.74. The van der Waals surface area contributed by atoms with Crippen molar-refractivity contribution < 1.29 is 19.0 Å². The molecule has 4 rings (SSSR count). The number of amides is 1. The van der Waals surface area contributed by atoms with Crippen molar-refractivity contribution in [2.45, 2.75) is 32.2 Å². The molecule has 1 atom stereocenters. The number of benzene rings is 1. The second-order valence-electron chi connectivity index (χ2n) is 9.40. The first-order valence-corrected chi connectivity index (χ1v) is 11.5. The van der Waals surface area contributed by atoms with E-state index in [0.717, 1.165) is 88.6 Å². The van der Waals surface area contributed by atoms with E-state index in [4.69, 9.17) is 14.2 Å². The summed E-state index contributed by atoms with van der Waals surface area (Å²) in [4.78, 5) is 20.1. The third-order valence-electron chi connectivity index (χ3n) is 7.55. The molecule has 7 heteroatoms. The van der Waals surface area contributed by atoms with Crippen LogP contribution in [-0.2, 0) is 11.3 Å². The smallest absolute Gasteiger partial charge is 0.226 e. The first-order valence-electron chi connectivity index (χ1n) is 11.5. The van der Waals surface area contributed by atoms with Gasteiger partial charge >= 0.3 is 0 Å². The molecule has 1 aromatic carbocycles. The molecule has 2 heterocycles. The molecule has 3 aliphatic rings. The fourth-order valence-electron chi connectivity index (χ4n) is 5.35. The summed E-state index contributed by atoms with van der Waals surface area (Å²) in [7, 11) is 7.14. The lowest BCUT2D eigenvalue weighted by Gasteiger charge is -2.33. The molecule has 0 N–H and O–H groups in total. The molecule has 0 aromatic heterocycles. The van der Waals surface area contributed by atoms with Crippen LogP contribution in [0, 0.1) is 11.3 Å².